The van der Waals surface area contributed by atoms with Crippen LogP contribution in [-0.4, -0.2) is 56.6 Å². The van der Waals surface area contributed by atoms with E-state index in [0.717, 1.165) is 44.9 Å². The summed E-state index contributed by atoms with van der Waals surface area (Å²) >= 11 is 0. The lowest BCUT2D eigenvalue weighted by atomic mass is 10.1. The minimum Gasteiger partial charge on any atom is -0.494 e. The highest BCUT2D eigenvalue weighted by Gasteiger charge is 2.21. The molecule has 0 unspecified atom stereocenters. The standard InChI is InChI=1S/C21H24N2O3/c24-20-16-26-21-8-7-18(15-19(20)21)25-14-4-9-22-10-12-23(13-11-22)17-5-2-1-3-6-17/h1-3,5-8,15H,4,9-14,16H2. The molecule has 1 saturated heterocycles. The highest BCUT2D eigenvalue weighted by Crippen LogP contribution is 2.29. The van der Waals surface area contributed by atoms with Gasteiger partial charge in [0.1, 0.15) is 11.5 Å². The average Bonchev–Trinajstić information content (AvgIpc) is 3.07. The number of ether oxygens (including phenoxy) is 2. The number of carbonyl (C=O) groups excluding carboxylic acids is 1. The van der Waals surface area contributed by atoms with Crippen LogP contribution in [0.2, 0.25) is 0 Å². The van der Waals surface area contributed by atoms with Gasteiger partial charge < -0.3 is 14.4 Å². The van der Waals surface area contributed by atoms with Crippen LogP contribution in [0.25, 0.3) is 0 Å². The van der Waals surface area contributed by atoms with Crippen LogP contribution in [-0.2, 0) is 0 Å². The van der Waals surface area contributed by atoms with Crippen molar-refractivity contribution in [2.24, 2.45) is 0 Å². The normalized spacial score (nSPS) is 17.1. The van der Waals surface area contributed by atoms with Crippen molar-refractivity contribution in [3.63, 3.8) is 0 Å². The van der Waals surface area contributed by atoms with E-state index in [1.165, 1.54) is 5.69 Å². The summed E-state index contributed by atoms with van der Waals surface area (Å²) in [6.45, 7) is 6.14. The number of hydrogen-bond acceptors (Lipinski definition) is 5. The summed E-state index contributed by atoms with van der Waals surface area (Å²) in [6.07, 6.45) is 0.979. The minimum absolute atomic E-state index is 0.0294. The van der Waals surface area contributed by atoms with E-state index in [0.29, 0.717) is 17.9 Å². The van der Waals surface area contributed by atoms with Gasteiger partial charge in [0.05, 0.1) is 12.2 Å². The third-order valence-electron chi connectivity index (χ3n) is 4.99. The Balaban J connectivity index is 1.18. The fourth-order valence-electron chi connectivity index (χ4n) is 3.51. The van der Waals surface area contributed by atoms with E-state index in [-0.39, 0.29) is 12.4 Å². The van der Waals surface area contributed by atoms with Crippen LogP contribution < -0.4 is 14.4 Å². The maximum atomic E-state index is 11.7. The number of nitrogens with zero attached hydrogens (tertiary/aromatic N) is 2. The Kier molecular flexibility index (Phi) is 5.07. The number of piperazine rings is 1. The van der Waals surface area contributed by atoms with Gasteiger partial charge in [0.25, 0.3) is 0 Å². The third-order valence-corrected chi connectivity index (χ3v) is 4.99. The van der Waals surface area contributed by atoms with Gasteiger partial charge in [0, 0.05) is 38.4 Å². The summed E-state index contributed by atoms with van der Waals surface area (Å²) in [5.41, 5.74) is 1.95. The van der Waals surface area contributed by atoms with E-state index in [2.05, 4.69) is 40.1 Å². The number of para-hydroxylation sites is 1. The highest BCUT2D eigenvalue weighted by atomic mass is 16.5. The van der Waals surface area contributed by atoms with Crippen molar-refractivity contribution >= 4 is 11.5 Å². The number of benzene rings is 2. The first-order valence-electron chi connectivity index (χ1n) is 9.25. The monoisotopic (exact) mass is 352 g/mol. The molecule has 0 amide bonds. The summed E-state index contributed by atoms with van der Waals surface area (Å²) in [5.74, 6) is 1.44. The van der Waals surface area contributed by atoms with Crippen LogP contribution in [0.4, 0.5) is 5.69 Å². The topological polar surface area (TPSA) is 42.0 Å². The van der Waals surface area contributed by atoms with Gasteiger partial charge in [-0.3, -0.25) is 9.69 Å². The molecule has 1 fully saturated rings. The van der Waals surface area contributed by atoms with Gasteiger partial charge in [-0.05, 0) is 36.8 Å². The largest absolute Gasteiger partial charge is 0.494 e. The molecule has 26 heavy (non-hydrogen) atoms. The van der Waals surface area contributed by atoms with Gasteiger partial charge in [-0.2, -0.15) is 0 Å². The second kappa shape index (κ2) is 7.79. The van der Waals surface area contributed by atoms with Crippen molar-refractivity contribution in [2.75, 3.05) is 50.8 Å². The van der Waals surface area contributed by atoms with Crippen LogP contribution in [0.3, 0.4) is 0 Å². The summed E-state index contributed by atoms with van der Waals surface area (Å²) in [5, 5.41) is 0. The van der Waals surface area contributed by atoms with Crippen LogP contribution in [0.5, 0.6) is 11.5 Å². The van der Waals surface area contributed by atoms with Crippen LogP contribution in [0.1, 0.15) is 16.8 Å². The van der Waals surface area contributed by atoms with E-state index in [9.17, 15) is 4.79 Å². The number of rotatable bonds is 6. The molecular formula is C21H24N2O3. The first kappa shape index (κ1) is 16.9. The van der Waals surface area contributed by atoms with Crippen molar-refractivity contribution in [3.05, 3.63) is 54.1 Å². The fourth-order valence-corrected chi connectivity index (χ4v) is 3.51. The zero-order chi connectivity index (χ0) is 17.8. The van der Waals surface area contributed by atoms with Gasteiger partial charge in [0.2, 0.25) is 5.78 Å². The Hall–Kier alpha value is -2.53. The molecule has 2 aromatic carbocycles. The lowest BCUT2D eigenvalue weighted by Gasteiger charge is -2.36. The summed E-state index contributed by atoms with van der Waals surface area (Å²) in [7, 11) is 0. The van der Waals surface area contributed by atoms with Crippen molar-refractivity contribution < 1.29 is 14.3 Å². The first-order valence-corrected chi connectivity index (χ1v) is 9.25. The number of hydrogen-bond donors (Lipinski definition) is 0. The number of Topliss-reactive ketones (excluding diaryl/α,β-unsaturated/α-hetero) is 1. The number of anilines is 1. The molecule has 0 aliphatic carbocycles. The summed E-state index contributed by atoms with van der Waals surface area (Å²) in [6, 6.07) is 16.1. The third kappa shape index (κ3) is 3.83. The number of carbonyl (C=O) groups is 1. The number of fused-ring (bicyclic) bond motifs is 1. The van der Waals surface area contributed by atoms with Crippen LogP contribution in [0, 0.1) is 0 Å². The van der Waals surface area contributed by atoms with Crippen LogP contribution in [0.15, 0.2) is 48.5 Å². The maximum Gasteiger partial charge on any atom is 0.204 e. The van der Waals surface area contributed by atoms with Gasteiger partial charge in [-0.15, -0.1) is 0 Å². The van der Waals surface area contributed by atoms with Gasteiger partial charge in [-0.1, -0.05) is 18.2 Å². The molecule has 4 rings (SSSR count). The van der Waals surface area contributed by atoms with Crippen molar-refractivity contribution in [1.82, 2.24) is 4.90 Å². The van der Waals surface area contributed by atoms with Gasteiger partial charge in [-0.25, -0.2) is 0 Å². The van der Waals surface area contributed by atoms with E-state index in [1.807, 2.05) is 12.1 Å². The SMILES string of the molecule is O=C1COc2ccc(OCCCN3CCN(c4ccccc4)CC3)cc21. The average molecular weight is 352 g/mol. The predicted molar refractivity (Wildman–Crippen MR) is 101 cm³/mol. The van der Waals surface area contributed by atoms with E-state index in [4.69, 9.17) is 9.47 Å². The Morgan fingerprint density at radius 2 is 1.81 bits per heavy atom. The van der Waals surface area contributed by atoms with E-state index >= 15 is 0 Å². The fraction of sp³-hybridized carbons (Fsp3) is 0.381. The zero-order valence-electron chi connectivity index (χ0n) is 14.9. The summed E-state index contributed by atoms with van der Waals surface area (Å²) in [4.78, 5) is 16.6. The van der Waals surface area contributed by atoms with E-state index in [1.54, 1.807) is 6.07 Å². The maximum absolute atomic E-state index is 11.7. The molecule has 2 aliphatic rings. The predicted octanol–water partition coefficient (Wildman–Crippen LogP) is 2.85. The van der Waals surface area contributed by atoms with Crippen molar-refractivity contribution in [1.29, 1.82) is 0 Å². The second-order valence-corrected chi connectivity index (χ2v) is 6.74. The molecule has 0 saturated carbocycles. The highest BCUT2D eigenvalue weighted by molar-refractivity contribution is 6.02. The molecule has 0 atom stereocenters. The Bertz CT molecular complexity index is 755. The van der Waals surface area contributed by atoms with E-state index < -0.39 is 0 Å². The lowest BCUT2D eigenvalue weighted by Crippen LogP contribution is -2.46. The quantitative estimate of drug-likeness (QED) is 0.748. The Morgan fingerprint density at radius 3 is 2.62 bits per heavy atom. The van der Waals surface area contributed by atoms with Gasteiger partial charge in [0.15, 0.2) is 6.61 Å². The molecule has 0 N–H and O–H groups in total. The first-order chi connectivity index (χ1) is 12.8. The Morgan fingerprint density at radius 1 is 1.00 bits per heavy atom. The molecule has 0 spiro atoms. The molecule has 5 nitrogen and oxygen atoms in total. The molecule has 136 valence electrons. The molecule has 2 aromatic rings. The molecular weight excluding hydrogens is 328 g/mol. The lowest BCUT2D eigenvalue weighted by molar-refractivity contribution is 0.0961. The number of ketones is 1. The summed E-state index contributed by atoms with van der Waals surface area (Å²) < 4.78 is 11.1. The molecule has 5 heteroatoms. The van der Waals surface area contributed by atoms with Crippen LogP contribution >= 0.6 is 0 Å². The van der Waals surface area contributed by atoms with Gasteiger partial charge >= 0.3 is 0 Å². The second-order valence-electron chi connectivity index (χ2n) is 6.74. The Labute approximate surface area is 154 Å². The molecule has 0 radical (unpaired) electrons. The smallest absolute Gasteiger partial charge is 0.204 e. The minimum atomic E-state index is 0.0294. The molecule has 2 aliphatic heterocycles. The molecule has 0 bridgehead atoms. The van der Waals surface area contributed by atoms with Crippen molar-refractivity contribution in [2.45, 2.75) is 6.42 Å². The molecule has 0 aromatic heterocycles. The molecule has 2 heterocycles. The zero-order valence-corrected chi connectivity index (χ0v) is 14.9. The van der Waals surface area contributed by atoms with Crippen molar-refractivity contribution in [3.8, 4) is 11.5 Å².